The quantitative estimate of drug-likeness (QED) is 0.937. The van der Waals surface area contributed by atoms with Gasteiger partial charge in [-0.1, -0.05) is 29.8 Å². The smallest absolute Gasteiger partial charge is 0.274 e. The average Bonchev–Trinajstić information content (AvgIpc) is 2.69. The van der Waals surface area contributed by atoms with E-state index in [1.54, 1.807) is 16.6 Å². The van der Waals surface area contributed by atoms with Crippen molar-refractivity contribution in [3.63, 3.8) is 0 Å². The Morgan fingerprint density at radius 2 is 2.10 bits per heavy atom. The van der Waals surface area contributed by atoms with Gasteiger partial charge in [-0.15, -0.1) is 0 Å². The molecule has 5 heteroatoms. The number of carbonyl (C=O) groups is 1. The second-order valence-electron chi connectivity index (χ2n) is 5.28. The number of nitrogen functional groups attached to an aromatic ring is 1. The van der Waals surface area contributed by atoms with Gasteiger partial charge in [0.2, 0.25) is 0 Å². The molecule has 0 spiro atoms. The van der Waals surface area contributed by atoms with Gasteiger partial charge < -0.3 is 10.6 Å². The highest BCUT2D eigenvalue weighted by Crippen LogP contribution is 2.19. The monoisotopic (exact) mass is 286 g/mol. The molecule has 2 N–H and O–H groups in total. The number of nitrogens with zero attached hydrogens (tertiary/aromatic N) is 3. The first kappa shape index (κ1) is 15.1. The van der Waals surface area contributed by atoms with Crippen molar-refractivity contribution in [1.82, 2.24) is 14.7 Å². The van der Waals surface area contributed by atoms with Crippen molar-refractivity contribution >= 4 is 11.6 Å². The lowest BCUT2D eigenvalue weighted by molar-refractivity contribution is 0.0742. The number of hydrogen-bond acceptors (Lipinski definition) is 3. The molecule has 0 bridgehead atoms. The maximum atomic E-state index is 12.7. The number of benzene rings is 1. The van der Waals surface area contributed by atoms with Crippen LogP contribution in [-0.4, -0.2) is 27.1 Å². The third-order valence-electron chi connectivity index (χ3n) is 3.60. The third-order valence-corrected chi connectivity index (χ3v) is 3.60. The van der Waals surface area contributed by atoms with Crippen molar-refractivity contribution in [2.24, 2.45) is 7.05 Å². The summed E-state index contributed by atoms with van der Waals surface area (Å²) in [5.41, 5.74) is 9.89. The number of carbonyl (C=O) groups excluding carboxylic acids is 1. The first-order valence-electron chi connectivity index (χ1n) is 7.08. The predicted octanol–water partition coefficient (Wildman–Crippen LogP) is 2.28. The summed E-state index contributed by atoms with van der Waals surface area (Å²) in [6.45, 7) is 7.01. The molecule has 0 aliphatic heterocycles. The summed E-state index contributed by atoms with van der Waals surface area (Å²) >= 11 is 0. The molecule has 0 saturated heterocycles. The summed E-state index contributed by atoms with van der Waals surface area (Å²) in [6, 6.07) is 8.17. The molecule has 1 aromatic carbocycles. The molecular formula is C16H22N4O. The standard InChI is InChI=1S/C16H22N4O/c1-5-20(10-13-8-6-7-11(2)9-13)16(21)15-14(17)12(3)18-19(15)4/h6-9H,5,10,17H2,1-4H3. The Balaban J connectivity index is 2.27. The summed E-state index contributed by atoms with van der Waals surface area (Å²) in [7, 11) is 1.75. The van der Waals surface area contributed by atoms with Gasteiger partial charge in [-0.2, -0.15) is 5.10 Å². The maximum Gasteiger partial charge on any atom is 0.274 e. The van der Waals surface area contributed by atoms with Crippen LogP contribution in [0.2, 0.25) is 0 Å². The van der Waals surface area contributed by atoms with Crippen LogP contribution in [-0.2, 0) is 13.6 Å². The number of aromatic nitrogens is 2. The number of rotatable bonds is 4. The fraction of sp³-hybridized carbons (Fsp3) is 0.375. The molecule has 21 heavy (non-hydrogen) atoms. The number of anilines is 1. The molecule has 2 rings (SSSR count). The van der Waals surface area contributed by atoms with E-state index in [-0.39, 0.29) is 5.91 Å². The van der Waals surface area contributed by atoms with Crippen molar-refractivity contribution < 1.29 is 4.79 Å². The zero-order valence-corrected chi connectivity index (χ0v) is 13.1. The normalized spacial score (nSPS) is 10.7. The minimum atomic E-state index is -0.0837. The van der Waals surface area contributed by atoms with Crippen LogP contribution in [0, 0.1) is 13.8 Å². The van der Waals surface area contributed by atoms with Crippen LogP contribution in [0.1, 0.15) is 34.2 Å². The Morgan fingerprint density at radius 1 is 1.38 bits per heavy atom. The van der Waals surface area contributed by atoms with Gasteiger partial charge in [0.1, 0.15) is 5.69 Å². The second kappa shape index (κ2) is 5.99. The van der Waals surface area contributed by atoms with E-state index in [9.17, 15) is 4.79 Å². The van der Waals surface area contributed by atoms with E-state index in [0.29, 0.717) is 30.2 Å². The topological polar surface area (TPSA) is 64.2 Å². The predicted molar refractivity (Wildman–Crippen MR) is 84.0 cm³/mol. The van der Waals surface area contributed by atoms with Crippen LogP contribution in [0.15, 0.2) is 24.3 Å². The fourth-order valence-corrected chi connectivity index (χ4v) is 2.44. The SMILES string of the molecule is CCN(Cc1cccc(C)c1)C(=O)c1c(N)c(C)nn1C. The van der Waals surface area contributed by atoms with Crippen molar-refractivity contribution in [2.75, 3.05) is 12.3 Å². The Kier molecular flexibility index (Phi) is 4.31. The van der Waals surface area contributed by atoms with Gasteiger partial charge in [0.25, 0.3) is 5.91 Å². The van der Waals surface area contributed by atoms with Gasteiger partial charge in [0.05, 0.1) is 11.4 Å². The van der Waals surface area contributed by atoms with Gasteiger partial charge in [0, 0.05) is 20.1 Å². The third kappa shape index (κ3) is 3.07. The van der Waals surface area contributed by atoms with Crippen LogP contribution in [0.25, 0.3) is 0 Å². The van der Waals surface area contributed by atoms with Crippen molar-refractivity contribution in [3.8, 4) is 0 Å². The van der Waals surface area contributed by atoms with Crippen LogP contribution >= 0.6 is 0 Å². The highest BCUT2D eigenvalue weighted by molar-refractivity contribution is 5.97. The van der Waals surface area contributed by atoms with Crippen LogP contribution in [0.3, 0.4) is 0 Å². The molecule has 0 unspecified atom stereocenters. The lowest BCUT2D eigenvalue weighted by Gasteiger charge is -2.21. The van der Waals surface area contributed by atoms with Gasteiger partial charge in [0.15, 0.2) is 0 Å². The molecule has 0 radical (unpaired) electrons. The van der Waals surface area contributed by atoms with E-state index in [1.165, 1.54) is 5.56 Å². The molecule has 2 aromatic rings. The molecule has 0 saturated carbocycles. The maximum absolute atomic E-state index is 12.7. The van der Waals surface area contributed by atoms with Gasteiger partial charge in [-0.05, 0) is 26.3 Å². The molecule has 0 aliphatic carbocycles. The van der Waals surface area contributed by atoms with Gasteiger partial charge in [-0.3, -0.25) is 9.48 Å². The lowest BCUT2D eigenvalue weighted by Crippen LogP contribution is -2.32. The van der Waals surface area contributed by atoms with E-state index in [4.69, 9.17) is 5.73 Å². The van der Waals surface area contributed by atoms with E-state index >= 15 is 0 Å². The van der Waals surface area contributed by atoms with Crippen molar-refractivity contribution in [3.05, 3.63) is 46.8 Å². The molecule has 5 nitrogen and oxygen atoms in total. The first-order valence-corrected chi connectivity index (χ1v) is 7.08. The zero-order chi connectivity index (χ0) is 15.6. The highest BCUT2D eigenvalue weighted by Gasteiger charge is 2.22. The molecule has 1 amide bonds. The van der Waals surface area contributed by atoms with E-state index < -0.39 is 0 Å². The van der Waals surface area contributed by atoms with Crippen molar-refractivity contribution in [2.45, 2.75) is 27.3 Å². The van der Waals surface area contributed by atoms with E-state index in [2.05, 4.69) is 11.2 Å². The zero-order valence-electron chi connectivity index (χ0n) is 13.1. The molecule has 0 fully saturated rings. The van der Waals surface area contributed by atoms with E-state index in [1.807, 2.05) is 39.0 Å². The van der Waals surface area contributed by atoms with Crippen LogP contribution in [0.5, 0.6) is 0 Å². The fourth-order valence-electron chi connectivity index (χ4n) is 2.44. The molecule has 0 aliphatic rings. The Morgan fingerprint density at radius 3 is 2.62 bits per heavy atom. The summed E-state index contributed by atoms with van der Waals surface area (Å²) in [5, 5.41) is 4.21. The molecule has 112 valence electrons. The summed E-state index contributed by atoms with van der Waals surface area (Å²) < 4.78 is 1.56. The number of aryl methyl sites for hydroxylation is 3. The van der Waals surface area contributed by atoms with Crippen molar-refractivity contribution in [1.29, 1.82) is 0 Å². The number of amides is 1. The second-order valence-corrected chi connectivity index (χ2v) is 5.28. The molecule has 0 atom stereocenters. The molecule has 1 aromatic heterocycles. The minimum absolute atomic E-state index is 0.0837. The average molecular weight is 286 g/mol. The van der Waals surface area contributed by atoms with Crippen LogP contribution < -0.4 is 5.73 Å². The Bertz CT molecular complexity index is 660. The Labute approximate surface area is 125 Å². The van der Waals surface area contributed by atoms with Gasteiger partial charge in [-0.25, -0.2) is 0 Å². The first-order chi connectivity index (χ1) is 9.93. The summed E-state index contributed by atoms with van der Waals surface area (Å²) in [6.07, 6.45) is 0. The van der Waals surface area contributed by atoms with Crippen LogP contribution in [0.4, 0.5) is 5.69 Å². The number of nitrogens with two attached hydrogens (primary N) is 1. The molecular weight excluding hydrogens is 264 g/mol. The largest absolute Gasteiger partial charge is 0.395 e. The lowest BCUT2D eigenvalue weighted by atomic mass is 10.1. The highest BCUT2D eigenvalue weighted by atomic mass is 16.2. The van der Waals surface area contributed by atoms with E-state index in [0.717, 1.165) is 5.56 Å². The summed E-state index contributed by atoms with van der Waals surface area (Å²) in [4.78, 5) is 14.5. The van der Waals surface area contributed by atoms with Gasteiger partial charge >= 0.3 is 0 Å². The number of hydrogen-bond donors (Lipinski definition) is 1. The Hall–Kier alpha value is -2.30. The summed E-state index contributed by atoms with van der Waals surface area (Å²) in [5.74, 6) is -0.0837. The molecule has 1 heterocycles. The minimum Gasteiger partial charge on any atom is -0.395 e.